The van der Waals surface area contributed by atoms with Crippen LogP contribution in [0.25, 0.3) is 0 Å². The fourth-order valence-corrected chi connectivity index (χ4v) is 0. The van der Waals surface area contributed by atoms with Crippen LogP contribution in [0.3, 0.4) is 0 Å². The molecule has 0 aliphatic heterocycles. The van der Waals surface area contributed by atoms with E-state index in [2.05, 4.69) is 0 Å². The van der Waals surface area contributed by atoms with Crippen LogP contribution in [0.4, 0.5) is 0 Å². The number of rotatable bonds is 0. The van der Waals surface area contributed by atoms with Gasteiger partial charge in [-0.15, -0.1) is 0 Å². The summed E-state index contributed by atoms with van der Waals surface area (Å²) in [6.07, 6.45) is 0. The topological polar surface area (TPSA) is 482 Å². The van der Waals surface area contributed by atoms with Crippen LogP contribution < -0.4 is 49.9 Å². The minimum absolute atomic E-state index is 0. The molecule has 0 aliphatic rings. The van der Waals surface area contributed by atoms with Crippen molar-refractivity contribution < 1.29 is 134 Å². The first-order valence-electron chi connectivity index (χ1n) is 5.66. The summed E-state index contributed by atoms with van der Waals surface area (Å²) in [7, 11) is 0. The van der Waals surface area contributed by atoms with Gasteiger partial charge in [-0.2, -0.15) is 0 Å². The molecule has 0 heterocycles. The van der Waals surface area contributed by atoms with Crippen LogP contribution >= 0.6 is 0 Å². The maximum absolute atomic E-state index is 8.46. The molecule has 0 rings (SSSR count). The molecule has 0 aromatic carbocycles. The largest absolute Gasteiger partial charge is 3.00 e. The molecule has 0 bridgehead atoms. The van der Waals surface area contributed by atoms with Gasteiger partial charge >= 0.3 is 467 Å². The van der Waals surface area contributed by atoms with Gasteiger partial charge in [0, 0.05) is 0 Å². The smallest absolute Gasteiger partial charge is 3.00 e. The Hall–Kier alpha value is 7.55. The molecular weight excluding hydrogens is 1330 g/mol. The number of hydrogen-bond donors (Lipinski definition) is 0. The van der Waals surface area contributed by atoms with E-state index in [4.69, 9.17) is 95.5 Å². The zero-order valence-electron chi connectivity index (χ0n) is 19.5. The van der Waals surface area contributed by atoms with E-state index >= 15 is 0 Å². The van der Waals surface area contributed by atoms with Crippen molar-refractivity contribution in [2.45, 2.75) is 0 Å². The molecule has 41 heteroatoms. The normalized spacial score (nSPS) is 2.34. The monoisotopic (exact) mass is 1330 g/mol. The van der Waals surface area contributed by atoms with Gasteiger partial charge in [-0.1, -0.05) is 0 Å². The Morgan fingerprint density at radius 3 is 0.195 bits per heavy atom. The zero-order chi connectivity index (χ0) is 32.5. The van der Waals surface area contributed by atoms with E-state index in [1.54, 1.807) is 0 Å². The summed E-state index contributed by atoms with van der Waals surface area (Å²) in [6, 6.07) is 0. The van der Waals surface area contributed by atoms with E-state index in [1.807, 2.05) is 0 Å². The quantitative estimate of drug-likeness (QED) is 0.203. The second kappa shape index (κ2) is 270. The van der Waals surface area contributed by atoms with Gasteiger partial charge in [0.05, 0.1) is 0 Å². The van der Waals surface area contributed by atoms with E-state index in [0.29, 0.717) is 0 Å². The Morgan fingerprint density at radius 1 is 0.195 bits per heavy atom. The van der Waals surface area contributed by atoms with Gasteiger partial charge < -0.3 is 0 Å². The third kappa shape index (κ3) is 1730. The van der Waals surface area contributed by atoms with E-state index < -0.39 is 186 Å². The number of hydrogen-bond acceptors (Lipinski definition) is 24. The first kappa shape index (κ1) is 110. The predicted molar refractivity (Wildman–Crippen MR) is 94.5 cm³/mol. The van der Waals surface area contributed by atoms with Gasteiger partial charge in [0.15, 0.2) is 0 Å². The first-order valence-corrected chi connectivity index (χ1v) is 17.0. The molecule has 0 spiro atoms. The molecule has 204 valence electrons. The Morgan fingerprint density at radius 2 is 0.195 bits per heavy atom. The Bertz CT molecular complexity index is 279. The molecule has 0 amide bonds. The molecule has 0 fully saturated rings. The molecule has 0 aromatic heterocycles. The molecule has 0 aliphatic carbocycles. The van der Waals surface area contributed by atoms with E-state index in [0.717, 1.165) is 0 Å². The van der Waals surface area contributed by atoms with Gasteiger partial charge in [0.25, 0.3) is 0 Å². The fourth-order valence-electron chi connectivity index (χ4n) is 0. The summed E-state index contributed by atoms with van der Waals surface area (Å²) in [5, 5.41) is 0. The average Bonchev–Trinajstić information content (AvgIpc) is 2.75. The molecule has 24 nitrogen and oxygen atoms in total. The molecule has 41 heavy (non-hydrogen) atoms. The van der Waals surface area contributed by atoms with Gasteiger partial charge in [-0.3, -0.25) is 0 Å². The van der Waals surface area contributed by atoms with Crippen molar-refractivity contribution in [3.05, 3.63) is 0 Å². The van der Waals surface area contributed by atoms with Crippen LogP contribution in [0.5, 0.6) is 0 Å². The molecule has 0 saturated carbocycles. The van der Waals surface area contributed by atoms with Crippen molar-refractivity contribution >= 4 is 332 Å². The minimum Gasteiger partial charge on any atom is 3.00 e. The second-order valence-electron chi connectivity index (χ2n) is 1.15. The molecule has 0 saturated heterocycles. The van der Waals surface area contributed by atoms with Crippen LogP contribution in [0.2, 0.25) is 0 Å². The van der Waals surface area contributed by atoms with Crippen LogP contribution in [0.15, 0.2) is 0 Å². The predicted octanol–water partition coefficient (Wildman–Crippen LogP) is -21.4. The molecule has 0 aromatic rings. The standard InChI is InChI=1S/12Al.3Ba.24O.2Rh/q;;;;;;;;;;;;3*+2;;;;;;;;;;;;;12*-1;2*+3. The molecule has 0 atom stereocenters. The van der Waals surface area contributed by atoms with Gasteiger partial charge in [-0.05, 0) is 0 Å². The summed E-state index contributed by atoms with van der Waals surface area (Å²) >= 11 is -21.0. The third-order valence-corrected chi connectivity index (χ3v) is 0. The third-order valence-electron chi connectivity index (χ3n) is 0. The van der Waals surface area contributed by atoms with Crippen molar-refractivity contribution in [3.63, 3.8) is 0 Å². The molecular formula is Al12Ba3O24Rh2. The second-order valence-corrected chi connectivity index (χ2v) is 3.46. The van der Waals surface area contributed by atoms with Crippen LogP contribution in [0, 0.1) is 0 Å². The van der Waals surface area contributed by atoms with Crippen molar-refractivity contribution in [1.29, 1.82) is 0 Å². The molecule has 0 radical (unpaired) electrons. The average molecular weight is 1330 g/mol. The van der Waals surface area contributed by atoms with Crippen molar-refractivity contribution in [3.8, 4) is 0 Å². The van der Waals surface area contributed by atoms with Crippen LogP contribution in [-0.2, 0) is 84.6 Å². The van der Waals surface area contributed by atoms with Crippen molar-refractivity contribution in [2.75, 3.05) is 0 Å². The maximum atomic E-state index is 8.46. The summed E-state index contributed by atoms with van der Waals surface area (Å²) in [4.78, 5) is 0. The summed E-state index contributed by atoms with van der Waals surface area (Å²) in [6.45, 7) is 0. The summed E-state index contributed by atoms with van der Waals surface area (Å²) in [5.41, 5.74) is 0. The van der Waals surface area contributed by atoms with Gasteiger partial charge in [0.1, 0.15) is 0 Å². The van der Waals surface area contributed by atoms with E-state index in [9.17, 15) is 0 Å². The van der Waals surface area contributed by atoms with Gasteiger partial charge in [0.2, 0.25) is 0 Å². The zero-order valence-corrected chi connectivity index (χ0v) is 50.0. The van der Waals surface area contributed by atoms with E-state index in [1.165, 1.54) is 0 Å². The van der Waals surface area contributed by atoms with Crippen molar-refractivity contribution in [1.82, 2.24) is 0 Å². The Labute approximate surface area is 455 Å². The SMILES string of the molecule is [Ba+2].[Ba+2].[Ba+2].[O]=[Al][O-].[O]=[Al][O-].[O]=[Al][O-].[O]=[Al][O-].[O]=[Al][O-].[O]=[Al][O-].[O]=[Al][O-].[O]=[Al][O-].[O]=[Al][O-].[O]=[Al][O-].[O]=[Al][O-].[O]=[Al][O-].[Rh+3].[Rh+3]. The molecule has 0 unspecified atom stereocenters. The Kier molecular flexibility index (Phi) is 725. The maximum Gasteiger partial charge on any atom is 3.00 e. The summed E-state index contributed by atoms with van der Waals surface area (Å²) < 4.78 is 203. The van der Waals surface area contributed by atoms with E-state index in [-0.39, 0.29) is 186 Å². The van der Waals surface area contributed by atoms with Gasteiger partial charge in [-0.25, -0.2) is 0 Å². The Balaban J connectivity index is -0.0000000101. The van der Waals surface area contributed by atoms with Crippen LogP contribution in [0.1, 0.15) is 0 Å². The van der Waals surface area contributed by atoms with Crippen molar-refractivity contribution in [2.24, 2.45) is 0 Å². The first-order chi connectivity index (χ1) is 17.0. The minimum atomic E-state index is -1.75. The summed E-state index contributed by atoms with van der Waals surface area (Å²) in [5.74, 6) is 0. The molecule has 0 N–H and O–H groups in total. The van der Waals surface area contributed by atoms with Crippen LogP contribution in [-0.4, -0.2) is 332 Å². The fraction of sp³-hybridized carbons (Fsp3) is 0.